The smallest absolute Gasteiger partial charge is 0.416 e. The lowest BCUT2D eigenvalue weighted by atomic mass is 9.87. The van der Waals surface area contributed by atoms with Gasteiger partial charge in [0.1, 0.15) is 5.75 Å². The number of ether oxygens (including phenoxy) is 1. The van der Waals surface area contributed by atoms with Crippen LogP contribution in [0.25, 0.3) is 0 Å². The van der Waals surface area contributed by atoms with E-state index >= 15 is 0 Å². The Bertz CT molecular complexity index is 1180. The number of nitrogens with zero attached hydrogens (tertiary/aromatic N) is 2. The van der Waals surface area contributed by atoms with Crippen LogP contribution < -0.4 is 10.1 Å². The van der Waals surface area contributed by atoms with E-state index in [1.54, 1.807) is 48.8 Å². The number of likely N-dealkylation sites (tertiary alicyclic amines) is 1. The van der Waals surface area contributed by atoms with E-state index in [4.69, 9.17) is 4.74 Å². The molecule has 1 aliphatic heterocycles. The highest BCUT2D eigenvalue weighted by Crippen LogP contribution is 2.37. The number of aromatic nitrogens is 1. The first-order valence-corrected chi connectivity index (χ1v) is 11.0. The molecule has 2 aromatic carbocycles. The molecule has 0 saturated carbocycles. The van der Waals surface area contributed by atoms with Crippen LogP contribution in [0.3, 0.4) is 0 Å². The van der Waals surface area contributed by atoms with Gasteiger partial charge in [0.2, 0.25) is 5.91 Å². The molecule has 0 bridgehead atoms. The van der Waals surface area contributed by atoms with Gasteiger partial charge in [-0.2, -0.15) is 13.2 Å². The molecule has 35 heavy (non-hydrogen) atoms. The third kappa shape index (κ3) is 5.62. The minimum atomic E-state index is -4.51. The van der Waals surface area contributed by atoms with Crippen LogP contribution in [0.2, 0.25) is 0 Å². The van der Waals surface area contributed by atoms with Crippen LogP contribution in [0.15, 0.2) is 73.1 Å². The van der Waals surface area contributed by atoms with E-state index < -0.39 is 23.6 Å². The number of pyridine rings is 1. The summed E-state index contributed by atoms with van der Waals surface area (Å²) >= 11 is 0. The quantitative estimate of drug-likeness (QED) is 0.568. The first-order valence-electron chi connectivity index (χ1n) is 11.0. The number of benzene rings is 2. The van der Waals surface area contributed by atoms with Crippen molar-refractivity contribution >= 4 is 11.8 Å². The van der Waals surface area contributed by atoms with Gasteiger partial charge in [0.05, 0.1) is 18.6 Å². The molecule has 1 N–H and O–H groups in total. The lowest BCUT2D eigenvalue weighted by Crippen LogP contribution is -2.35. The number of halogens is 3. The molecule has 2 atom stereocenters. The molecule has 2 heterocycles. The summed E-state index contributed by atoms with van der Waals surface area (Å²) in [5.41, 5.74) is 0.779. The van der Waals surface area contributed by atoms with E-state index in [1.165, 1.54) is 18.1 Å². The number of hydrogen-bond donors (Lipinski definition) is 1. The second-order valence-corrected chi connectivity index (χ2v) is 8.35. The molecule has 1 saturated heterocycles. The fourth-order valence-electron chi connectivity index (χ4n) is 4.26. The molecule has 9 heteroatoms. The molecule has 0 unspecified atom stereocenters. The normalized spacial score (nSPS) is 17.8. The van der Waals surface area contributed by atoms with Gasteiger partial charge in [-0.05, 0) is 47.5 Å². The highest BCUT2D eigenvalue weighted by atomic mass is 19.4. The predicted molar refractivity (Wildman–Crippen MR) is 123 cm³/mol. The number of carbonyl (C=O) groups excluding carboxylic acids is 2. The van der Waals surface area contributed by atoms with Gasteiger partial charge in [-0.25, -0.2) is 0 Å². The largest absolute Gasteiger partial charge is 0.497 e. The highest BCUT2D eigenvalue weighted by Gasteiger charge is 2.41. The van der Waals surface area contributed by atoms with Gasteiger partial charge in [-0.3, -0.25) is 14.6 Å². The zero-order valence-electron chi connectivity index (χ0n) is 19.0. The summed E-state index contributed by atoms with van der Waals surface area (Å²) in [5, 5.41) is 2.84. The molecule has 1 fully saturated rings. The molecule has 3 aromatic rings. The maximum absolute atomic E-state index is 13.3. The maximum atomic E-state index is 13.3. The van der Waals surface area contributed by atoms with Crippen molar-refractivity contribution in [3.05, 3.63) is 95.3 Å². The Hall–Kier alpha value is -3.88. The second kappa shape index (κ2) is 10.2. The van der Waals surface area contributed by atoms with Crippen molar-refractivity contribution in [1.82, 2.24) is 15.2 Å². The Kier molecular flexibility index (Phi) is 7.04. The Labute approximate surface area is 200 Å². The molecular formula is C26H24F3N3O3. The van der Waals surface area contributed by atoms with Gasteiger partial charge in [0.25, 0.3) is 5.91 Å². The molecule has 0 aliphatic carbocycles. The van der Waals surface area contributed by atoms with Crippen molar-refractivity contribution in [1.29, 1.82) is 0 Å². The number of carbonyl (C=O) groups is 2. The minimum Gasteiger partial charge on any atom is -0.497 e. The molecular weight excluding hydrogens is 459 g/mol. The summed E-state index contributed by atoms with van der Waals surface area (Å²) in [6.07, 6.45) is -1.27. The fourth-order valence-corrected chi connectivity index (χ4v) is 4.26. The first kappa shape index (κ1) is 24.3. The van der Waals surface area contributed by atoms with Crippen molar-refractivity contribution in [3.63, 3.8) is 0 Å². The van der Waals surface area contributed by atoms with Gasteiger partial charge in [0.15, 0.2) is 0 Å². The van der Waals surface area contributed by atoms with Crippen molar-refractivity contribution in [3.8, 4) is 5.75 Å². The predicted octanol–water partition coefficient (Wildman–Crippen LogP) is 4.28. The SMILES string of the molecule is COc1ccc(C(=O)N2C[C@H](C(=O)NCc3cccnc3)[C@H](c3cccc(C(F)(F)F)c3)C2)cc1. The first-order chi connectivity index (χ1) is 16.8. The third-order valence-electron chi connectivity index (χ3n) is 6.11. The summed E-state index contributed by atoms with van der Waals surface area (Å²) in [6, 6.07) is 15.1. The molecule has 1 aromatic heterocycles. The summed E-state index contributed by atoms with van der Waals surface area (Å²) in [5.74, 6) is -1.34. The Morgan fingerprint density at radius 2 is 1.86 bits per heavy atom. The number of rotatable bonds is 6. The lowest BCUT2D eigenvalue weighted by molar-refractivity contribution is -0.137. The van der Waals surface area contributed by atoms with Gasteiger partial charge in [-0.15, -0.1) is 0 Å². The van der Waals surface area contributed by atoms with Crippen molar-refractivity contribution in [2.45, 2.75) is 18.6 Å². The molecule has 4 rings (SSSR count). The monoisotopic (exact) mass is 483 g/mol. The average Bonchev–Trinajstić information content (AvgIpc) is 3.33. The lowest BCUT2D eigenvalue weighted by Gasteiger charge is -2.19. The zero-order valence-corrected chi connectivity index (χ0v) is 19.0. The number of amides is 2. The maximum Gasteiger partial charge on any atom is 0.416 e. The molecule has 6 nitrogen and oxygen atoms in total. The topological polar surface area (TPSA) is 71.5 Å². The van der Waals surface area contributed by atoms with E-state index in [0.29, 0.717) is 16.9 Å². The number of nitrogens with one attached hydrogen (secondary N) is 1. The summed E-state index contributed by atoms with van der Waals surface area (Å²) in [4.78, 5) is 31.9. The summed E-state index contributed by atoms with van der Waals surface area (Å²) in [6.45, 7) is 0.437. The molecule has 1 aliphatic rings. The van der Waals surface area contributed by atoms with Gasteiger partial charge in [-0.1, -0.05) is 24.3 Å². The van der Waals surface area contributed by atoms with Crippen LogP contribution in [0.5, 0.6) is 5.75 Å². The van der Waals surface area contributed by atoms with Crippen LogP contribution in [0, 0.1) is 5.92 Å². The Morgan fingerprint density at radius 1 is 1.09 bits per heavy atom. The second-order valence-electron chi connectivity index (χ2n) is 8.35. The van der Waals surface area contributed by atoms with E-state index in [1.807, 2.05) is 6.07 Å². The Morgan fingerprint density at radius 3 is 2.51 bits per heavy atom. The van der Waals surface area contributed by atoms with Gasteiger partial charge < -0.3 is 15.0 Å². The molecule has 2 amide bonds. The standard InChI is InChI=1S/C26H24F3N3O3/c1-35-21-9-7-18(8-10-21)25(34)32-15-22(19-5-2-6-20(12-19)26(27,28)29)23(16-32)24(33)31-14-17-4-3-11-30-13-17/h2-13,22-23H,14-16H2,1H3,(H,31,33)/t22-,23-/m0/s1. The highest BCUT2D eigenvalue weighted by molar-refractivity contribution is 5.95. The van der Waals surface area contributed by atoms with Crippen molar-refractivity contribution < 1.29 is 27.5 Å². The van der Waals surface area contributed by atoms with Gasteiger partial charge in [0, 0.05) is 43.5 Å². The Balaban J connectivity index is 1.59. The molecule has 0 spiro atoms. The van der Waals surface area contributed by atoms with Crippen LogP contribution in [0.4, 0.5) is 13.2 Å². The molecule has 182 valence electrons. The third-order valence-corrected chi connectivity index (χ3v) is 6.11. The van der Waals surface area contributed by atoms with E-state index in [9.17, 15) is 22.8 Å². The summed E-state index contributed by atoms with van der Waals surface area (Å²) < 4.78 is 45.2. The average molecular weight is 483 g/mol. The van der Waals surface area contributed by atoms with E-state index in [2.05, 4.69) is 10.3 Å². The van der Waals surface area contributed by atoms with Crippen LogP contribution in [0.1, 0.15) is 33.0 Å². The summed E-state index contributed by atoms with van der Waals surface area (Å²) in [7, 11) is 1.52. The van der Waals surface area contributed by atoms with E-state index in [-0.39, 0.29) is 31.4 Å². The minimum absolute atomic E-state index is 0.0879. The van der Waals surface area contributed by atoms with E-state index in [0.717, 1.165) is 17.7 Å². The zero-order chi connectivity index (χ0) is 25.0. The van der Waals surface area contributed by atoms with Crippen molar-refractivity contribution in [2.24, 2.45) is 5.92 Å². The number of alkyl halides is 3. The fraction of sp³-hybridized carbons (Fsp3) is 0.269. The number of hydrogen-bond acceptors (Lipinski definition) is 4. The van der Waals surface area contributed by atoms with Crippen LogP contribution in [-0.4, -0.2) is 41.9 Å². The van der Waals surface area contributed by atoms with Crippen LogP contribution >= 0.6 is 0 Å². The van der Waals surface area contributed by atoms with Crippen molar-refractivity contribution in [2.75, 3.05) is 20.2 Å². The van der Waals surface area contributed by atoms with Crippen LogP contribution in [-0.2, 0) is 17.5 Å². The molecule has 0 radical (unpaired) electrons. The number of methoxy groups -OCH3 is 1. The van der Waals surface area contributed by atoms with Gasteiger partial charge >= 0.3 is 6.18 Å².